The summed E-state index contributed by atoms with van der Waals surface area (Å²) in [5.74, 6) is 1.64. The number of unbranched alkanes of at least 4 members (excludes halogenated alkanes) is 2. The van der Waals surface area contributed by atoms with Gasteiger partial charge in [-0.1, -0.05) is 12.8 Å². The van der Waals surface area contributed by atoms with E-state index in [0.717, 1.165) is 54.0 Å². The van der Waals surface area contributed by atoms with Crippen LogP contribution in [0.4, 0.5) is 0 Å². The molecule has 6 nitrogen and oxygen atoms in total. The lowest BCUT2D eigenvalue weighted by Crippen LogP contribution is -2.09. The number of hydrogen-bond acceptors (Lipinski definition) is 5. The smallest absolute Gasteiger partial charge is 0.451 e. The molecule has 0 aliphatic rings. The molecule has 1 heterocycles. The summed E-state index contributed by atoms with van der Waals surface area (Å²) in [7, 11) is 0.398. The second-order valence-electron chi connectivity index (χ2n) is 6.46. The number of ether oxygens (including phenoxy) is 1. The van der Waals surface area contributed by atoms with Crippen LogP contribution in [0.2, 0.25) is 6.32 Å². The molecule has 0 radical (unpaired) electrons. The Kier molecular flexibility index (Phi) is 6.12. The molecule has 1 aromatic heterocycles. The zero-order valence-corrected chi connectivity index (χ0v) is 15.3. The highest BCUT2D eigenvalue weighted by molar-refractivity contribution is 6.40. The number of benzene rings is 2. The van der Waals surface area contributed by atoms with Gasteiger partial charge in [0.15, 0.2) is 0 Å². The molecule has 0 aliphatic carbocycles. The third-order valence-corrected chi connectivity index (χ3v) is 4.57. The monoisotopic (exact) mass is 363 g/mol. The molecule has 0 amide bonds. The van der Waals surface area contributed by atoms with Crippen LogP contribution in [0.3, 0.4) is 0 Å². The highest BCUT2D eigenvalue weighted by Gasteiger charge is 2.13. The van der Waals surface area contributed by atoms with E-state index in [1.54, 1.807) is 19.2 Å². The Balaban J connectivity index is 1.91. The van der Waals surface area contributed by atoms with Crippen molar-refractivity contribution < 1.29 is 14.8 Å². The normalized spacial score (nSPS) is 10.7. The van der Waals surface area contributed by atoms with Gasteiger partial charge in [0.2, 0.25) is 0 Å². The molecule has 2 aromatic carbocycles. The third kappa shape index (κ3) is 4.48. The minimum Gasteiger partial charge on any atom is -0.497 e. The highest BCUT2D eigenvalue weighted by Crippen LogP contribution is 2.27. The van der Waals surface area contributed by atoms with Crippen LogP contribution in [0, 0.1) is 11.3 Å². The average Bonchev–Trinajstić information content (AvgIpc) is 3.05. The van der Waals surface area contributed by atoms with Crippen LogP contribution in [0.1, 0.15) is 24.8 Å². The Hall–Kier alpha value is -2.82. The van der Waals surface area contributed by atoms with Gasteiger partial charge < -0.3 is 19.4 Å². The van der Waals surface area contributed by atoms with Gasteiger partial charge in [0, 0.05) is 12.1 Å². The Morgan fingerprint density at radius 2 is 1.89 bits per heavy atom. The van der Waals surface area contributed by atoms with Crippen molar-refractivity contribution in [3.63, 3.8) is 0 Å². The van der Waals surface area contributed by atoms with Crippen molar-refractivity contribution in [1.82, 2.24) is 9.55 Å². The fourth-order valence-electron chi connectivity index (χ4n) is 3.16. The number of nitrogens with zero attached hydrogens (tertiary/aromatic N) is 3. The molecule has 0 bridgehead atoms. The first kappa shape index (κ1) is 19.0. The molecule has 3 rings (SSSR count). The summed E-state index contributed by atoms with van der Waals surface area (Å²) >= 11 is 0. The van der Waals surface area contributed by atoms with Crippen LogP contribution in [0.5, 0.6) is 5.75 Å². The Bertz CT molecular complexity index is 946. The van der Waals surface area contributed by atoms with Crippen molar-refractivity contribution in [3.05, 3.63) is 48.0 Å². The van der Waals surface area contributed by atoms with Crippen LogP contribution >= 0.6 is 0 Å². The van der Waals surface area contributed by atoms with Crippen LogP contribution in [-0.4, -0.2) is 33.8 Å². The first-order valence-corrected chi connectivity index (χ1v) is 9.03. The van der Waals surface area contributed by atoms with E-state index in [0.29, 0.717) is 11.9 Å². The number of fused-ring (bicyclic) bond motifs is 1. The van der Waals surface area contributed by atoms with Gasteiger partial charge in [0.05, 0.1) is 29.8 Å². The maximum absolute atomic E-state index is 9.15. The molecule has 0 atom stereocenters. The van der Waals surface area contributed by atoms with Crippen molar-refractivity contribution in [2.24, 2.45) is 0 Å². The summed E-state index contributed by atoms with van der Waals surface area (Å²) in [4.78, 5) is 4.77. The van der Waals surface area contributed by atoms with Crippen LogP contribution in [0.15, 0.2) is 42.5 Å². The highest BCUT2D eigenvalue weighted by atomic mass is 16.5. The summed E-state index contributed by atoms with van der Waals surface area (Å²) in [6.45, 7) is 0.769. The molecule has 0 saturated carbocycles. The number of nitriles is 1. The zero-order valence-electron chi connectivity index (χ0n) is 15.3. The van der Waals surface area contributed by atoms with Crippen molar-refractivity contribution in [1.29, 1.82) is 5.26 Å². The maximum Gasteiger partial charge on any atom is 0.451 e. The lowest BCUT2D eigenvalue weighted by atomic mass is 9.83. The predicted octanol–water partition coefficient (Wildman–Crippen LogP) is 3.23. The molecule has 138 valence electrons. The third-order valence-electron chi connectivity index (χ3n) is 4.57. The zero-order chi connectivity index (χ0) is 19.2. The lowest BCUT2D eigenvalue weighted by molar-refractivity contribution is 0.401. The minimum atomic E-state index is -1.24. The minimum absolute atomic E-state index is 0.390. The van der Waals surface area contributed by atoms with Gasteiger partial charge in [-0.15, -0.1) is 0 Å². The largest absolute Gasteiger partial charge is 0.497 e. The van der Waals surface area contributed by atoms with Crippen LogP contribution < -0.4 is 4.74 Å². The average molecular weight is 363 g/mol. The fraction of sp³-hybridized carbons (Fsp3) is 0.300. The second-order valence-corrected chi connectivity index (χ2v) is 6.46. The van der Waals surface area contributed by atoms with Gasteiger partial charge in [0.1, 0.15) is 11.6 Å². The number of methoxy groups -OCH3 is 1. The van der Waals surface area contributed by atoms with Gasteiger partial charge in [-0.2, -0.15) is 5.26 Å². The Morgan fingerprint density at radius 1 is 1.11 bits per heavy atom. The van der Waals surface area contributed by atoms with E-state index >= 15 is 0 Å². The molecule has 0 aliphatic heterocycles. The summed E-state index contributed by atoms with van der Waals surface area (Å²) in [5, 5.41) is 27.1. The SMILES string of the molecule is COc1ccc(-c2nc3cc(C#N)ccc3n2CCCCCB(O)O)cc1. The van der Waals surface area contributed by atoms with E-state index in [1.807, 2.05) is 30.3 Å². The molecule has 0 unspecified atom stereocenters. The lowest BCUT2D eigenvalue weighted by Gasteiger charge is -2.10. The van der Waals surface area contributed by atoms with E-state index in [2.05, 4.69) is 10.6 Å². The topological polar surface area (TPSA) is 91.3 Å². The molecule has 2 N–H and O–H groups in total. The second kappa shape index (κ2) is 8.71. The first-order chi connectivity index (χ1) is 13.1. The summed E-state index contributed by atoms with van der Waals surface area (Å²) in [6.07, 6.45) is 2.96. The molecule has 7 heteroatoms. The van der Waals surface area contributed by atoms with E-state index in [1.165, 1.54) is 0 Å². The molecular formula is C20H22BN3O3. The fourth-order valence-corrected chi connectivity index (χ4v) is 3.16. The van der Waals surface area contributed by atoms with E-state index < -0.39 is 7.12 Å². The Morgan fingerprint density at radius 3 is 2.56 bits per heavy atom. The number of rotatable bonds is 8. The molecule has 0 fully saturated rings. The van der Waals surface area contributed by atoms with E-state index in [-0.39, 0.29) is 0 Å². The number of imidazole rings is 1. The number of aryl methyl sites for hydroxylation is 1. The van der Waals surface area contributed by atoms with Crippen molar-refractivity contribution in [2.45, 2.75) is 32.1 Å². The standard InChI is InChI=1S/C20H22BN3O3/c1-27-17-8-6-16(7-9-17)20-23-18-13-15(14-22)5-10-19(18)24(20)12-4-2-3-11-21(25)26/h5-10,13,25-26H,2-4,11-12H2,1H3. The van der Waals surface area contributed by atoms with Gasteiger partial charge in [-0.05, 0) is 55.2 Å². The number of hydrogen-bond donors (Lipinski definition) is 2. The summed E-state index contributed by atoms with van der Waals surface area (Å²) in [6, 6.07) is 15.5. The van der Waals surface area contributed by atoms with Crippen molar-refractivity contribution in [3.8, 4) is 23.2 Å². The molecule has 3 aromatic rings. The van der Waals surface area contributed by atoms with Gasteiger partial charge in [-0.3, -0.25) is 0 Å². The molecule has 0 saturated heterocycles. The molecular weight excluding hydrogens is 341 g/mol. The van der Waals surface area contributed by atoms with Gasteiger partial charge in [-0.25, -0.2) is 4.98 Å². The maximum atomic E-state index is 9.15. The van der Waals surface area contributed by atoms with Crippen molar-refractivity contribution >= 4 is 18.2 Å². The molecule has 27 heavy (non-hydrogen) atoms. The van der Waals surface area contributed by atoms with E-state index in [9.17, 15) is 0 Å². The van der Waals surface area contributed by atoms with Gasteiger partial charge >= 0.3 is 7.12 Å². The van der Waals surface area contributed by atoms with Crippen LogP contribution in [0.25, 0.3) is 22.4 Å². The summed E-state index contributed by atoms with van der Waals surface area (Å²) < 4.78 is 7.39. The molecule has 0 spiro atoms. The van der Waals surface area contributed by atoms with Crippen molar-refractivity contribution in [2.75, 3.05) is 7.11 Å². The Labute approximate surface area is 158 Å². The first-order valence-electron chi connectivity index (χ1n) is 9.03. The quantitative estimate of drug-likeness (QED) is 0.474. The van der Waals surface area contributed by atoms with E-state index in [4.69, 9.17) is 25.0 Å². The van der Waals surface area contributed by atoms with Crippen LogP contribution in [-0.2, 0) is 6.54 Å². The number of aromatic nitrogens is 2. The summed E-state index contributed by atoms with van der Waals surface area (Å²) in [5.41, 5.74) is 3.36. The predicted molar refractivity (Wildman–Crippen MR) is 105 cm³/mol. The van der Waals surface area contributed by atoms with Gasteiger partial charge in [0.25, 0.3) is 0 Å².